The van der Waals surface area contributed by atoms with E-state index in [1.54, 1.807) is 19.2 Å². The number of benzene rings is 1. The van der Waals surface area contributed by atoms with Crippen LogP contribution in [-0.2, 0) is 19.1 Å². The molecule has 1 fully saturated rings. The fourth-order valence-electron chi connectivity index (χ4n) is 3.53. The topological polar surface area (TPSA) is 65.1 Å². The van der Waals surface area contributed by atoms with Gasteiger partial charge in [-0.25, -0.2) is 4.79 Å². The first-order chi connectivity index (χ1) is 11.8. The van der Waals surface area contributed by atoms with Gasteiger partial charge in [0, 0.05) is 17.1 Å². The van der Waals surface area contributed by atoms with Gasteiger partial charge in [0.25, 0.3) is 0 Å². The van der Waals surface area contributed by atoms with E-state index in [-0.39, 0.29) is 17.9 Å². The molecule has 0 saturated carbocycles. The van der Waals surface area contributed by atoms with Gasteiger partial charge in [0.2, 0.25) is 5.91 Å². The van der Waals surface area contributed by atoms with Crippen LogP contribution in [0.15, 0.2) is 30.3 Å². The number of ether oxygens (including phenoxy) is 3. The van der Waals surface area contributed by atoms with Crippen LogP contribution in [-0.4, -0.2) is 49.4 Å². The number of carbonyl (C=O) groups is 2. The average molecular weight is 345 g/mol. The number of carbonyl (C=O) groups excluding carboxylic acids is 2. The molecule has 0 radical (unpaired) electrons. The highest BCUT2D eigenvalue weighted by Gasteiger charge is 2.63. The van der Waals surface area contributed by atoms with Gasteiger partial charge in [0.05, 0.1) is 20.8 Å². The second kappa shape index (κ2) is 5.88. The summed E-state index contributed by atoms with van der Waals surface area (Å²) in [7, 11) is 2.91. The fourth-order valence-corrected chi connectivity index (χ4v) is 3.53. The van der Waals surface area contributed by atoms with Gasteiger partial charge in [0.15, 0.2) is 5.54 Å². The maximum Gasteiger partial charge on any atom is 0.339 e. The van der Waals surface area contributed by atoms with Crippen molar-refractivity contribution in [2.75, 3.05) is 20.8 Å². The van der Waals surface area contributed by atoms with Crippen LogP contribution in [0.5, 0.6) is 5.75 Å². The van der Waals surface area contributed by atoms with Crippen molar-refractivity contribution < 1.29 is 23.8 Å². The molecule has 0 spiro atoms. The molecule has 0 bridgehead atoms. The van der Waals surface area contributed by atoms with E-state index in [1.807, 2.05) is 32.9 Å². The largest absolute Gasteiger partial charge is 0.497 e. The Morgan fingerprint density at radius 2 is 1.88 bits per heavy atom. The predicted octanol–water partition coefficient (Wildman–Crippen LogP) is 2.24. The van der Waals surface area contributed by atoms with Gasteiger partial charge in [-0.05, 0) is 17.7 Å². The number of fused-ring (bicyclic) bond motifs is 1. The van der Waals surface area contributed by atoms with Crippen molar-refractivity contribution in [2.24, 2.45) is 5.41 Å². The van der Waals surface area contributed by atoms with E-state index in [2.05, 4.69) is 0 Å². The van der Waals surface area contributed by atoms with Crippen LogP contribution in [0.3, 0.4) is 0 Å². The number of rotatable bonds is 3. The Hall–Kier alpha value is -2.34. The maximum atomic E-state index is 12.8. The SMILES string of the molecule is COC(=O)[C@]12CO[C@H](C(C)(C)C)N1C(=O)C=C2c1ccc(OC)cc1. The summed E-state index contributed by atoms with van der Waals surface area (Å²) < 4.78 is 16.2. The van der Waals surface area contributed by atoms with Gasteiger partial charge < -0.3 is 14.2 Å². The first-order valence-corrected chi connectivity index (χ1v) is 8.15. The van der Waals surface area contributed by atoms with Gasteiger partial charge in [-0.3, -0.25) is 9.69 Å². The monoisotopic (exact) mass is 345 g/mol. The molecule has 2 aliphatic heterocycles. The van der Waals surface area contributed by atoms with Crippen LogP contribution >= 0.6 is 0 Å². The minimum absolute atomic E-state index is 0.0746. The summed E-state index contributed by atoms with van der Waals surface area (Å²) in [6, 6.07) is 7.25. The van der Waals surface area contributed by atoms with Crippen molar-refractivity contribution in [3.8, 4) is 5.75 Å². The highest BCUT2D eigenvalue weighted by Crippen LogP contribution is 2.48. The normalized spacial score (nSPS) is 25.6. The number of methoxy groups -OCH3 is 2. The summed E-state index contributed by atoms with van der Waals surface area (Å²) in [5, 5.41) is 0. The molecule has 134 valence electrons. The lowest BCUT2D eigenvalue weighted by Crippen LogP contribution is -2.56. The number of hydrogen-bond acceptors (Lipinski definition) is 5. The highest BCUT2D eigenvalue weighted by atomic mass is 16.6. The third-order valence-electron chi connectivity index (χ3n) is 4.71. The second-order valence-electron chi connectivity index (χ2n) is 7.38. The Kier molecular flexibility index (Phi) is 4.11. The zero-order valence-corrected chi connectivity index (χ0v) is 15.2. The lowest BCUT2D eigenvalue weighted by atomic mass is 9.85. The van der Waals surface area contributed by atoms with Crippen LogP contribution in [0.4, 0.5) is 0 Å². The first-order valence-electron chi connectivity index (χ1n) is 8.15. The second-order valence-corrected chi connectivity index (χ2v) is 7.38. The van der Waals surface area contributed by atoms with Crippen LogP contribution in [0.25, 0.3) is 5.57 Å². The summed E-state index contributed by atoms with van der Waals surface area (Å²) in [5.74, 6) is -0.0336. The average Bonchev–Trinajstić information content (AvgIpc) is 3.11. The van der Waals surface area contributed by atoms with Crippen LogP contribution in [0.2, 0.25) is 0 Å². The number of nitrogens with zero attached hydrogens (tertiary/aromatic N) is 1. The summed E-state index contributed by atoms with van der Waals surface area (Å²) >= 11 is 0. The molecule has 1 amide bonds. The van der Waals surface area contributed by atoms with Crippen molar-refractivity contribution in [1.29, 1.82) is 0 Å². The summed E-state index contributed by atoms with van der Waals surface area (Å²) in [6.07, 6.45) is 1.01. The van der Waals surface area contributed by atoms with Crippen LogP contribution in [0.1, 0.15) is 26.3 Å². The molecule has 25 heavy (non-hydrogen) atoms. The van der Waals surface area contributed by atoms with Crippen molar-refractivity contribution >= 4 is 17.4 Å². The molecule has 0 unspecified atom stereocenters. The molecule has 1 saturated heterocycles. The van der Waals surface area contributed by atoms with E-state index in [4.69, 9.17) is 14.2 Å². The summed E-state index contributed by atoms with van der Waals surface area (Å²) in [4.78, 5) is 27.1. The molecule has 0 aromatic heterocycles. The van der Waals surface area contributed by atoms with Gasteiger partial charge in [-0.15, -0.1) is 0 Å². The Balaban J connectivity index is 2.11. The maximum absolute atomic E-state index is 12.8. The first kappa shape index (κ1) is 17.5. The quantitative estimate of drug-likeness (QED) is 0.786. The zero-order chi connectivity index (χ0) is 18.4. The standard InChI is InChI=1S/C19H23NO5/c1-18(2,3)16-20-15(21)10-14(12-6-8-13(23-4)9-7-12)19(20,11-25-16)17(22)24-5/h6-10,16H,11H2,1-5H3/t16-,19-/m1/s1. The Bertz CT molecular complexity index is 731. The number of hydrogen-bond donors (Lipinski definition) is 0. The minimum atomic E-state index is -1.25. The summed E-state index contributed by atoms with van der Waals surface area (Å²) in [5.41, 5.74) is -0.230. The van der Waals surface area contributed by atoms with Gasteiger partial charge >= 0.3 is 5.97 Å². The molecule has 1 aromatic rings. The zero-order valence-electron chi connectivity index (χ0n) is 15.2. The number of esters is 1. The van der Waals surface area contributed by atoms with E-state index in [0.717, 1.165) is 5.56 Å². The van der Waals surface area contributed by atoms with Crippen molar-refractivity contribution in [1.82, 2.24) is 4.90 Å². The molecule has 6 nitrogen and oxygen atoms in total. The molecule has 0 aliphatic carbocycles. The molecule has 2 aliphatic rings. The van der Waals surface area contributed by atoms with E-state index in [1.165, 1.54) is 18.1 Å². The molecule has 0 N–H and O–H groups in total. The lowest BCUT2D eigenvalue weighted by molar-refractivity contribution is -0.155. The van der Waals surface area contributed by atoms with Crippen molar-refractivity contribution in [3.05, 3.63) is 35.9 Å². The molecule has 3 rings (SSSR count). The summed E-state index contributed by atoms with van der Waals surface area (Å²) in [6.45, 7) is 6.00. The van der Waals surface area contributed by atoms with Crippen molar-refractivity contribution in [3.63, 3.8) is 0 Å². The molecular weight excluding hydrogens is 322 g/mol. The Labute approximate surface area is 147 Å². The predicted molar refractivity (Wildman–Crippen MR) is 91.8 cm³/mol. The van der Waals surface area contributed by atoms with Gasteiger partial charge in [-0.1, -0.05) is 32.9 Å². The molecule has 1 aromatic carbocycles. The lowest BCUT2D eigenvalue weighted by Gasteiger charge is -2.37. The van der Waals surface area contributed by atoms with E-state index in [0.29, 0.717) is 11.3 Å². The Morgan fingerprint density at radius 3 is 2.40 bits per heavy atom. The molecule has 2 heterocycles. The highest BCUT2D eigenvalue weighted by molar-refractivity contribution is 6.13. The number of amides is 1. The van der Waals surface area contributed by atoms with Gasteiger partial charge in [0.1, 0.15) is 12.0 Å². The van der Waals surface area contributed by atoms with E-state index in [9.17, 15) is 9.59 Å². The third kappa shape index (κ3) is 2.52. The van der Waals surface area contributed by atoms with Crippen LogP contribution < -0.4 is 4.74 Å². The van der Waals surface area contributed by atoms with E-state index >= 15 is 0 Å². The van der Waals surface area contributed by atoms with Gasteiger partial charge in [-0.2, -0.15) is 0 Å². The smallest absolute Gasteiger partial charge is 0.339 e. The molecular formula is C19H23NO5. The minimum Gasteiger partial charge on any atom is -0.497 e. The molecule has 6 heteroatoms. The Morgan fingerprint density at radius 1 is 1.24 bits per heavy atom. The third-order valence-corrected chi connectivity index (χ3v) is 4.71. The fraction of sp³-hybridized carbons (Fsp3) is 0.474. The van der Waals surface area contributed by atoms with Crippen molar-refractivity contribution in [2.45, 2.75) is 32.5 Å². The van der Waals surface area contributed by atoms with Crippen LogP contribution in [0, 0.1) is 5.41 Å². The van der Waals surface area contributed by atoms with E-state index < -0.39 is 17.7 Å². The molecule has 2 atom stereocenters.